The molecule has 1 unspecified atom stereocenters. The van der Waals surface area contributed by atoms with Crippen LogP contribution in [0.1, 0.15) is 0 Å². The first kappa shape index (κ1) is 11.2. The molecule has 0 saturated carbocycles. The highest BCUT2D eigenvalue weighted by Gasteiger charge is 2.14. The van der Waals surface area contributed by atoms with Crippen molar-refractivity contribution in [2.45, 2.75) is 4.90 Å². The highest BCUT2D eigenvalue weighted by atomic mass is 79.9. The molecule has 72 valence electrons. The van der Waals surface area contributed by atoms with Crippen LogP contribution in [0, 0.1) is 0 Å². The van der Waals surface area contributed by atoms with E-state index in [-0.39, 0.29) is 0 Å². The van der Waals surface area contributed by atoms with E-state index in [0.29, 0.717) is 15.7 Å². The normalized spacial score (nSPS) is 12.7. The zero-order chi connectivity index (χ0) is 10.0. The van der Waals surface area contributed by atoms with Crippen LogP contribution in [-0.4, -0.2) is 17.9 Å². The van der Waals surface area contributed by atoms with Crippen LogP contribution >= 0.6 is 27.5 Å². The monoisotopic (exact) mass is 282 g/mol. The second-order valence-corrected chi connectivity index (χ2v) is 4.98. The van der Waals surface area contributed by atoms with Crippen LogP contribution in [0.5, 0.6) is 5.75 Å². The molecule has 0 radical (unpaired) electrons. The Morgan fingerprint density at radius 2 is 2.15 bits per heavy atom. The predicted octanol–water partition coefficient (Wildman–Crippen LogP) is 2.85. The molecule has 0 aliphatic heterocycles. The van der Waals surface area contributed by atoms with Gasteiger partial charge in [0.2, 0.25) is 0 Å². The van der Waals surface area contributed by atoms with E-state index in [4.69, 9.17) is 16.3 Å². The molecule has 1 rings (SSSR count). The first-order valence-corrected chi connectivity index (χ1v) is 6.15. The van der Waals surface area contributed by atoms with Crippen molar-refractivity contribution < 1.29 is 9.29 Å². The van der Waals surface area contributed by atoms with Crippen LogP contribution in [-0.2, 0) is 11.2 Å². The van der Waals surface area contributed by atoms with Crippen molar-refractivity contribution in [3.05, 3.63) is 21.6 Å². The molecule has 0 fully saturated rings. The van der Waals surface area contributed by atoms with Crippen LogP contribution in [0.25, 0.3) is 0 Å². The second-order valence-electron chi connectivity index (χ2n) is 2.37. The Morgan fingerprint density at radius 1 is 1.54 bits per heavy atom. The van der Waals surface area contributed by atoms with Gasteiger partial charge in [-0.25, -0.2) is 0 Å². The van der Waals surface area contributed by atoms with Gasteiger partial charge in [-0.3, -0.25) is 0 Å². The molecule has 0 aromatic heterocycles. The lowest BCUT2D eigenvalue weighted by Gasteiger charge is -2.09. The molecule has 0 bridgehead atoms. The van der Waals surface area contributed by atoms with Gasteiger partial charge in [0.25, 0.3) is 0 Å². The quantitative estimate of drug-likeness (QED) is 0.782. The summed E-state index contributed by atoms with van der Waals surface area (Å²) in [5.41, 5.74) is 0. The predicted molar refractivity (Wildman–Crippen MR) is 58.0 cm³/mol. The number of hydrogen-bond donors (Lipinski definition) is 0. The van der Waals surface area contributed by atoms with Crippen LogP contribution in [0.15, 0.2) is 21.5 Å². The topological polar surface area (TPSA) is 32.3 Å². The van der Waals surface area contributed by atoms with Crippen LogP contribution in [0.4, 0.5) is 0 Å². The Bertz CT molecular complexity index is 317. The average Bonchev–Trinajstić information content (AvgIpc) is 2.03. The molecule has 0 spiro atoms. The van der Waals surface area contributed by atoms with Crippen LogP contribution in [0.3, 0.4) is 0 Å². The maximum absolute atomic E-state index is 11.2. The summed E-state index contributed by atoms with van der Waals surface area (Å²) >= 11 is 8.06. The molecule has 0 heterocycles. The molecule has 1 atom stereocenters. The number of hydrogen-bond acceptors (Lipinski definition) is 2. The molecule has 1 aromatic carbocycles. The van der Waals surface area contributed by atoms with E-state index in [2.05, 4.69) is 15.9 Å². The van der Waals surface area contributed by atoms with E-state index in [0.717, 1.165) is 4.47 Å². The fourth-order valence-electron chi connectivity index (χ4n) is 0.887. The van der Waals surface area contributed by atoms with Gasteiger partial charge < -0.3 is 9.29 Å². The van der Waals surface area contributed by atoms with Crippen molar-refractivity contribution in [1.82, 2.24) is 0 Å². The van der Waals surface area contributed by atoms with E-state index in [1.807, 2.05) is 0 Å². The minimum atomic E-state index is -1.09. The van der Waals surface area contributed by atoms with Crippen molar-refractivity contribution in [1.29, 1.82) is 0 Å². The number of methoxy groups -OCH3 is 1. The van der Waals surface area contributed by atoms with Gasteiger partial charge in [-0.1, -0.05) is 11.6 Å². The molecule has 5 heteroatoms. The van der Waals surface area contributed by atoms with Gasteiger partial charge in [-0.05, 0) is 33.2 Å². The number of ether oxygens (including phenoxy) is 1. The van der Waals surface area contributed by atoms with Crippen LogP contribution < -0.4 is 4.74 Å². The molecule has 0 aliphatic carbocycles. The zero-order valence-corrected chi connectivity index (χ0v) is 10.3. The average molecular weight is 284 g/mol. The molecular weight excluding hydrogens is 276 g/mol. The summed E-state index contributed by atoms with van der Waals surface area (Å²) in [6.07, 6.45) is 1.58. The van der Waals surface area contributed by atoms with Gasteiger partial charge in [-0.15, -0.1) is 0 Å². The molecule has 0 aliphatic rings. The molecule has 1 aromatic rings. The lowest BCUT2D eigenvalue weighted by atomic mass is 10.3. The standard InChI is InChI=1S/C8H8BrClO2S/c1-12-7-4-8(13(2)11)6(10)3-5(7)9/h3-4H,1-2H3. The Hall–Kier alpha value is 0.1000. The zero-order valence-electron chi connectivity index (χ0n) is 7.14. The number of halogens is 2. The summed E-state index contributed by atoms with van der Waals surface area (Å²) in [4.78, 5) is 0.585. The van der Waals surface area contributed by atoms with Crippen molar-refractivity contribution in [2.24, 2.45) is 0 Å². The lowest BCUT2D eigenvalue weighted by molar-refractivity contribution is 0.411. The van der Waals surface area contributed by atoms with Crippen molar-refractivity contribution in [3.63, 3.8) is 0 Å². The lowest BCUT2D eigenvalue weighted by Crippen LogP contribution is -1.99. The minimum Gasteiger partial charge on any atom is -0.612 e. The van der Waals surface area contributed by atoms with E-state index in [1.54, 1.807) is 25.5 Å². The molecular formula is C8H8BrClO2S. The molecule has 2 nitrogen and oxygen atoms in total. The Labute approximate surface area is 93.5 Å². The van der Waals surface area contributed by atoms with Gasteiger partial charge in [0.1, 0.15) is 12.0 Å². The fraction of sp³-hybridized carbons (Fsp3) is 0.250. The molecule has 13 heavy (non-hydrogen) atoms. The third-order valence-corrected chi connectivity index (χ3v) is 3.52. The SMILES string of the molecule is COc1cc([S+](C)[O-])c(Cl)cc1Br. The third kappa shape index (κ3) is 2.53. The summed E-state index contributed by atoms with van der Waals surface area (Å²) in [5.74, 6) is 0.634. The maximum Gasteiger partial charge on any atom is 0.174 e. The van der Waals surface area contributed by atoms with Gasteiger partial charge in [-0.2, -0.15) is 0 Å². The Balaban J connectivity index is 3.22. The van der Waals surface area contributed by atoms with Gasteiger partial charge in [0, 0.05) is 6.07 Å². The summed E-state index contributed by atoms with van der Waals surface area (Å²) < 4.78 is 17.0. The minimum absolute atomic E-state index is 0.480. The number of rotatable bonds is 2. The summed E-state index contributed by atoms with van der Waals surface area (Å²) in [6.45, 7) is 0. The van der Waals surface area contributed by atoms with Crippen molar-refractivity contribution in [3.8, 4) is 5.75 Å². The van der Waals surface area contributed by atoms with Crippen molar-refractivity contribution >= 4 is 38.7 Å². The molecule has 0 saturated heterocycles. The third-order valence-electron chi connectivity index (χ3n) is 1.52. The fourth-order valence-corrected chi connectivity index (χ4v) is 2.62. The smallest absolute Gasteiger partial charge is 0.174 e. The molecule has 0 N–H and O–H groups in total. The van der Waals surface area contributed by atoms with E-state index in [1.165, 1.54) is 0 Å². The first-order valence-electron chi connectivity index (χ1n) is 3.42. The highest BCUT2D eigenvalue weighted by Crippen LogP contribution is 2.33. The Morgan fingerprint density at radius 3 is 2.62 bits per heavy atom. The summed E-state index contributed by atoms with van der Waals surface area (Å²) in [5, 5.41) is 0.480. The van der Waals surface area contributed by atoms with E-state index < -0.39 is 11.2 Å². The van der Waals surface area contributed by atoms with Crippen LogP contribution in [0.2, 0.25) is 5.02 Å². The summed E-state index contributed by atoms with van der Waals surface area (Å²) in [7, 11) is 1.55. The Kier molecular flexibility index (Phi) is 3.91. The first-order chi connectivity index (χ1) is 6.06. The van der Waals surface area contributed by atoms with Gasteiger partial charge in [0.05, 0.1) is 16.6 Å². The second kappa shape index (κ2) is 4.55. The maximum atomic E-state index is 11.2. The van der Waals surface area contributed by atoms with Crippen molar-refractivity contribution in [2.75, 3.05) is 13.4 Å². The van der Waals surface area contributed by atoms with Gasteiger partial charge in [0.15, 0.2) is 4.90 Å². The largest absolute Gasteiger partial charge is 0.612 e. The van der Waals surface area contributed by atoms with E-state index >= 15 is 0 Å². The highest BCUT2D eigenvalue weighted by molar-refractivity contribution is 9.10. The van der Waals surface area contributed by atoms with E-state index in [9.17, 15) is 4.55 Å². The van der Waals surface area contributed by atoms with Gasteiger partial charge >= 0.3 is 0 Å². The molecule has 0 amide bonds. The number of benzene rings is 1. The summed E-state index contributed by atoms with van der Waals surface area (Å²) in [6, 6.07) is 3.35.